The van der Waals surface area contributed by atoms with Crippen molar-refractivity contribution in [3.63, 3.8) is 0 Å². The molecule has 1 heterocycles. The monoisotopic (exact) mass is 259 g/mol. The molecule has 0 aromatic heterocycles. The highest BCUT2D eigenvalue weighted by atomic mass is 16.6. The van der Waals surface area contributed by atoms with Crippen LogP contribution in [0.15, 0.2) is 0 Å². The number of aliphatic hydroxyl groups excluding tert-OH is 1. The van der Waals surface area contributed by atoms with Gasteiger partial charge in [-0.3, -0.25) is 4.90 Å². The molecule has 1 N–H and O–H groups in total. The Hall–Kier alpha value is -1.30. The van der Waals surface area contributed by atoms with E-state index in [0.29, 0.717) is 19.4 Å². The number of likely N-dealkylation sites (tertiary alicyclic amines) is 1. The van der Waals surface area contributed by atoms with E-state index in [-0.39, 0.29) is 12.5 Å². The lowest BCUT2D eigenvalue weighted by Gasteiger charge is -2.35. The van der Waals surface area contributed by atoms with Crippen LogP contribution in [0.4, 0.5) is 4.79 Å². The first-order chi connectivity index (χ1) is 8.49. The van der Waals surface area contributed by atoms with E-state index in [2.05, 4.69) is 4.74 Å². The molecule has 3 unspecified atom stereocenters. The predicted octanol–water partition coefficient (Wildman–Crippen LogP) is 0.920. The van der Waals surface area contributed by atoms with Crippen LogP contribution < -0.4 is 0 Å². The van der Waals surface area contributed by atoms with Crippen LogP contribution in [-0.2, 0) is 14.3 Å². The highest BCUT2D eigenvalue weighted by Gasteiger charge is 2.37. The Kier molecular flexibility index (Phi) is 5.40. The second-order valence-electron chi connectivity index (χ2n) is 4.51. The standard InChI is InChI=1S/C12H21NO5/c1-4-8(2)18-12(16)13-6-5-9(14)7-10(13)11(15)17-3/h8-10,14H,4-7H2,1-3H3. The number of hydrogen-bond acceptors (Lipinski definition) is 5. The van der Waals surface area contributed by atoms with Gasteiger partial charge >= 0.3 is 12.1 Å². The van der Waals surface area contributed by atoms with E-state index in [1.165, 1.54) is 12.0 Å². The van der Waals surface area contributed by atoms with Crippen LogP contribution in [0, 0.1) is 0 Å². The van der Waals surface area contributed by atoms with Gasteiger partial charge in [-0.05, 0) is 19.8 Å². The lowest BCUT2D eigenvalue weighted by Crippen LogP contribution is -2.52. The van der Waals surface area contributed by atoms with Gasteiger partial charge in [0, 0.05) is 13.0 Å². The highest BCUT2D eigenvalue weighted by Crippen LogP contribution is 2.20. The van der Waals surface area contributed by atoms with Crippen LogP contribution in [-0.4, -0.2) is 54.0 Å². The molecule has 1 aliphatic rings. The summed E-state index contributed by atoms with van der Waals surface area (Å²) in [6, 6.07) is -0.754. The molecule has 0 saturated carbocycles. The van der Waals surface area contributed by atoms with Gasteiger partial charge in [0.25, 0.3) is 0 Å². The first kappa shape index (κ1) is 14.8. The Bertz CT molecular complexity index is 307. The number of nitrogens with zero attached hydrogens (tertiary/aromatic N) is 1. The number of piperidine rings is 1. The van der Waals surface area contributed by atoms with Crippen molar-refractivity contribution in [1.82, 2.24) is 4.90 Å². The van der Waals surface area contributed by atoms with Crippen molar-refractivity contribution in [3.05, 3.63) is 0 Å². The summed E-state index contributed by atoms with van der Waals surface area (Å²) in [6.07, 6.45) is 0.0623. The van der Waals surface area contributed by atoms with Crippen LogP contribution in [0.5, 0.6) is 0 Å². The second kappa shape index (κ2) is 6.58. The van der Waals surface area contributed by atoms with E-state index in [0.717, 1.165) is 0 Å². The summed E-state index contributed by atoms with van der Waals surface area (Å²) in [6.45, 7) is 4.01. The first-order valence-electron chi connectivity index (χ1n) is 6.22. The Morgan fingerprint density at radius 1 is 1.50 bits per heavy atom. The maximum atomic E-state index is 11.9. The zero-order valence-electron chi connectivity index (χ0n) is 11.1. The van der Waals surface area contributed by atoms with Gasteiger partial charge in [-0.2, -0.15) is 0 Å². The molecule has 3 atom stereocenters. The predicted molar refractivity (Wildman–Crippen MR) is 64.0 cm³/mol. The van der Waals surface area contributed by atoms with Gasteiger partial charge in [-0.1, -0.05) is 6.92 Å². The van der Waals surface area contributed by atoms with Crippen molar-refractivity contribution >= 4 is 12.1 Å². The topological polar surface area (TPSA) is 76.1 Å². The van der Waals surface area contributed by atoms with Gasteiger partial charge in [-0.25, -0.2) is 9.59 Å². The van der Waals surface area contributed by atoms with E-state index in [9.17, 15) is 14.7 Å². The third kappa shape index (κ3) is 3.60. The van der Waals surface area contributed by atoms with Crippen molar-refractivity contribution < 1.29 is 24.2 Å². The summed E-state index contributed by atoms with van der Waals surface area (Å²) in [5.41, 5.74) is 0. The molecule has 6 nitrogen and oxygen atoms in total. The molecule has 0 spiro atoms. The Morgan fingerprint density at radius 2 is 2.17 bits per heavy atom. The minimum atomic E-state index is -0.754. The van der Waals surface area contributed by atoms with Crippen LogP contribution >= 0.6 is 0 Å². The fraction of sp³-hybridized carbons (Fsp3) is 0.833. The third-order valence-corrected chi connectivity index (χ3v) is 3.16. The zero-order chi connectivity index (χ0) is 13.7. The molecular weight excluding hydrogens is 238 g/mol. The summed E-state index contributed by atoms with van der Waals surface area (Å²) in [5.74, 6) is -0.519. The molecule has 104 valence electrons. The molecular formula is C12H21NO5. The smallest absolute Gasteiger partial charge is 0.410 e. The summed E-state index contributed by atoms with van der Waals surface area (Å²) in [7, 11) is 1.27. The number of aliphatic hydroxyl groups is 1. The van der Waals surface area contributed by atoms with Crippen LogP contribution in [0.2, 0.25) is 0 Å². The van der Waals surface area contributed by atoms with E-state index >= 15 is 0 Å². The van der Waals surface area contributed by atoms with Gasteiger partial charge in [0.05, 0.1) is 13.2 Å². The maximum Gasteiger partial charge on any atom is 0.410 e. The van der Waals surface area contributed by atoms with Crippen LogP contribution in [0.3, 0.4) is 0 Å². The Balaban J connectivity index is 2.70. The van der Waals surface area contributed by atoms with Gasteiger partial charge in [0.2, 0.25) is 0 Å². The van der Waals surface area contributed by atoms with Crippen molar-refractivity contribution in [3.8, 4) is 0 Å². The average Bonchev–Trinajstić information content (AvgIpc) is 2.37. The average molecular weight is 259 g/mol. The largest absolute Gasteiger partial charge is 0.467 e. The molecule has 0 bridgehead atoms. The molecule has 0 aromatic rings. The highest BCUT2D eigenvalue weighted by molar-refractivity contribution is 5.81. The summed E-state index contributed by atoms with van der Waals surface area (Å²) >= 11 is 0. The van der Waals surface area contributed by atoms with Crippen molar-refractivity contribution in [2.75, 3.05) is 13.7 Å². The lowest BCUT2D eigenvalue weighted by atomic mass is 10.00. The minimum Gasteiger partial charge on any atom is -0.467 e. The molecule has 1 saturated heterocycles. The van der Waals surface area contributed by atoms with E-state index in [1.807, 2.05) is 6.92 Å². The van der Waals surface area contributed by atoms with Crippen LogP contribution in [0.1, 0.15) is 33.1 Å². The van der Waals surface area contributed by atoms with E-state index < -0.39 is 24.2 Å². The summed E-state index contributed by atoms with van der Waals surface area (Å²) < 4.78 is 9.85. The number of methoxy groups -OCH3 is 1. The van der Waals surface area contributed by atoms with E-state index in [4.69, 9.17) is 4.74 Å². The number of carbonyl (C=O) groups is 2. The Labute approximate surface area is 107 Å². The normalized spacial score (nSPS) is 25.4. The Morgan fingerprint density at radius 3 is 2.72 bits per heavy atom. The molecule has 1 amide bonds. The fourth-order valence-electron chi connectivity index (χ4n) is 1.85. The molecule has 6 heteroatoms. The van der Waals surface area contributed by atoms with Gasteiger partial charge in [0.15, 0.2) is 0 Å². The number of rotatable bonds is 3. The summed E-state index contributed by atoms with van der Waals surface area (Å²) in [4.78, 5) is 24.9. The molecule has 0 radical (unpaired) electrons. The number of hydrogen-bond donors (Lipinski definition) is 1. The SMILES string of the molecule is CCC(C)OC(=O)N1CCC(O)CC1C(=O)OC. The summed E-state index contributed by atoms with van der Waals surface area (Å²) in [5, 5.41) is 9.57. The molecule has 0 aromatic carbocycles. The molecule has 18 heavy (non-hydrogen) atoms. The zero-order valence-corrected chi connectivity index (χ0v) is 11.1. The fourth-order valence-corrected chi connectivity index (χ4v) is 1.85. The van der Waals surface area contributed by atoms with Gasteiger partial charge < -0.3 is 14.6 Å². The van der Waals surface area contributed by atoms with Gasteiger partial charge in [0.1, 0.15) is 12.1 Å². The maximum absolute atomic E-state index is 11.9. The minimum absolute atomic E-state index is 0.192. The second-order valence-corrected chi connectivity index (χ2v) is 4.51. The number of carbonyl (C=O) groups excluding carboxylic acids is 2. The third-order valence-electron chi connectivity index (χ3n) is 3.16. The number of esters is 1. The molecule has 1 rings (SSSR count). The lowest BCUT2D eigenvalue weighted by molar-refractivity contribution is -0.149. The molecule has 1 aliphatic heterocycles. The van der Waals surface area contributed by atoms with Crippen molar-refractivity contribution in [2.24, 2.45) is 0 Å². The first-order valence-corrected chi connectivity index (χ1v) is 6.22. The van der Waals surface area contributed by atoms with Crippen LogP contribution in [0.25, 0.3) is 0 Å². The van der Waals surface area contributed by atoms with Gasteiger partial charge in [-0.15, -0.1) is 0 Å². The molecule has 1 fully saturated rings. The van der Waals surface area contributed by atoms with E-state index in [1.54, 1.807) is 6.92 Å². The molecule has 0 aliphatic carbocycles. The van der Waals surface area contributed by atoms with Crippen molar-refractivity contribution in [2.45, 2.75) is 51.4 Å². The quantitative estimate of drug-likeness (QED) is 0.763. The number of ether oxygens (including phenoxy) is 2. The number of amides is 1. The van der Waals surface area contributed by atoms with Crippen molar-refractivity contribution in [1.29, 1.82) is 0 Å².